The Morgan fingerprint density at radius 2 is 1.80 bits per heavy atom. The summed E-state index contributed by atoms with van der Waals surface area (Å²) in [6, 6.07) is 22.8. The van der Waals surface area contributed by atoms with Gasteiger partial charge in [-0.15, -0.1) is 0 Å². The lowest BCUT2D eigenvalue weighted by molar-refractivity contribution is -0.113. The highest BCUT2D eigenvalue weighted by Crippen LogP contribution is 2.37. The summed E-state index contributed by atoms with van der Waals surface area (Å²) in [6.07, 6.45) is 1.83. The third kappa shape index (κ3) is 4.78. The number of rotatable bonds is 5. The van der Waals surface area contributed by atoms with Crippen molar-refractivity contribution in [3.63, 3.8) is 0 Å². The lowest BCUT2D eigenvalue weighted by Gasteiger charge is -2.14. The number of carbonyl (C=O) groups is 1. The minimum absolute atomic E-state index is 0.146. The summed E-state index contributed by atoms with van der Waals surface area (Å²) in [5.41, 5.74) is 2.68. The molecule has 3 aromatic rings. The molecule has 7 heteroatoms. The maximum atomic E-state index is 12.9. The van der Waals surface area contributed by atoms with E-state index in [0.717, 1.165) is 21.3 Å². The molecule has 1 saturated heterocycles. The number of thiocarbonyl (C=S) groups is 1. The number of carbonyl (C=O) groups excluding carboxylic acids is 1. The van der Waals surface area contributed by atoms with E-state index in [2.05, 4.69) is 15.9 Å². The lowest BCUT2D eigenvalue weighted by atomic mass is 10.2. The molecule has 0 atom stereocenters. The number of amides is 1. The van der Waals surface area contributed by atoms with Crippen LogP contribution in [0.2, 0.25) is 5.02 Å². The number of anilines is 1. The minimum atomic E-state index is -0.146. The first-order valence-electron chi connectivity index (χ1n) is 9.01. The number of nitrogens with zero attached hydrogens (tertiary/aromatic N) is 1. The van der Waals surface area contributed by atoms with Gasteiger partial charge in [-0.3, -0.25) is 9.69 Å². The number of hydrogen-bond donors (Lipinski definition) is 0. The van der Waals surface area contributed by atoms with Crippen LogP contribution in [0, 0.1) is 0 Å². The van der Waals surface area contributed by atoms with Gasteiger partial charge in [0.15, 0.2) is 4.32 Å². The van der Waals surface area contributed by atoms with Crippen LogP contribution in [0.3, 0.4) is 0 Å². The number of ether oxygens (including phenoxy) is 1. The molecule has 0 N–H and O–H groups in total. The van der Waals surface area contributed by atoms with Crippen molar-refractivity contribution in [2.75, 3.05) is 4.90 Å². The lowest BCUT2D eigenvalue weighted by Crippen LogP contribution is -2.27. The molecule has 0 bridgehead atoms. The fourth-order valence-electron chi connectivity index (χ4n) is 2.89. The number of thioether (sulfide) groups is 1. The first-order valence-corrected chi connectivity index (χ1v) is 11.4. The molecule has 0 aromatic heterocycles. The van der Waals surface area contributed by atoms with Gasteiger partial charge in [-0.2, -0.15) is 0 Å². The van der Waals surface area contributed by atoms with Crippen molar-refractivity contribution in [2.45, 2.75) is 6.61 Å². The Hall–Kier alpha value is -2.12. The molecule has 3 aromatic carbocycles. The predicted octanol–water partition coefficient (Wildman–Crippen LogP) is 7.09. The van der Waals surface area contributed by atoms with Crippen LogP contribution in [0.1, 0.15) is 11.1 Å². The highest BCUT2D eigenvalue weighted by atomic mass is 79.9. The van der Waals surface area contributed by atoms with E-state index in [1.54, 1.807) is 24.3 Å². The Kier molecular flexibility index (Phi) is 6.58. The van der Waals surface area contributed by atoms with Gasteiger partial charge in [-0.25, -0.2) is 0 Å². The summed E-state index contributed by atoms with van der Waals surface area (Å²) in [7, 11) is 0. The quantitative estimate of drug-likeness (QED) is 0.267. The molecule has 1 heterocycles. The fourth-order valence-corrected chi connectivity index (χ4v) is 4.83. The third-order valence-electron chi connectivity index (χ3n) is 4.37. The van der Waals surface area contributed by atoms with Crippen molar-refractivity contribution in [2.24, 2.45) is 0 Å². The van der Waals surface area contributed by atoms with Crippen molar-refractivity contribution in [1.82, 2.24) is 0 Å². The van der Waals surface area contributed by atoms with E-state index >= 15 is 0 Å². The molecule has 1 aliphatic heterocycles. The SMILES string of the molecule is O=C1/C(=C/c2ccc(OCc3ccccc3)c(Br)c2)SC(=S)N1c1ccc(Cl)cc1. The Bertz CT molecular complexity index is 1130. The highest BCUT2D eigenvalue weighted by Gasteiger charge is 2.33. The van der Waals surface area contributed by atoms with E-state index < -0.39 is 0 Å². The minimum Gasteiger partial charge on any atom is -0.488 e. The summed E-state index contributed by atoms with van der Waals surface area (Å²) in [5, 5.41) is 0.610. The zero-order valence-corrected chi connectivity index (χ0v) is 19.5. The second kappa shape index (κ2) is 9.35. The van der Waals surface area contributed by atoms with Crippen LogP contribution in [0.25, 0.3) is 6.08 Å². The zero-order chi connectivity index (χ0) is 21.1. The van der Waals surface area contributed by atoms with E-state index in [0.29, 0.717) is 26.5 Å². The first kappa shape index (κ1) is 21.1. The fraction of sp³-hybridized carbons (Fsp3) is 0.0435. The van der Waals surface area contributed by atoms with Crippen molar-refractivity contribution in [1.29, 1.82) is 0 Å². The maximum Gasteiger partial charge on any atom is 0.270 e. The standard InChI is InChI=1S/C23H15BrClNO2S2/c24-19-12-16(6-11-20(19)28-14-15-4-2-1-3-5-15)13-21-22(27)26(23(29)30-21)18-9-7-17(25)8-10-18/h1-13H,14H2/b21-13-. The average Bonchev–Trinajstić information content (AvgIpc) is 3.02. The summed E-state index contributed by atoms with van der Waals surface area (Å²) in [5.74, 6) is 0.595. The second-order valence-corrected chi connectivity index (χ2v) is 9.42. The second-order valence-electron chi connectivity index (χ2n) is 6.46. The van der Waals surface area contributed by atoms with Gasteiger partial charge in [0, 0.05) is 5.02 Å². The molecule has 0 spiro atoms. The van der Waals surface area contributed by atoms with Crippen LogP contribution in [0.5, 0.6) is 5.75 Å². The van der Waals surface area contributed by atoms with Crippen molar-refractivity contribution >= 4 is 73.5 Å². The van der Waals surface area contributed by atoms with E-state index in [1.165, 1.54) is 16.7 Å². The number of halogens is 2. The van der Waals surface area contributed by atoms with Crippen molar-refractivity contribution in [3.8, 4) is 5.75 Å². The highest BCUT2D eigenvalue weighted by molar-refractivity contribution is 9.10. The topological polar surface area (TPSA) is 29.5 Å². The monoisotopic (exact) mass is 515 g/mol. The smallest absolute Gasteiger partial charge is 0.270 e. The first-order chi connectivity index (χ1) is 14.5. The van der Waals surface area contributed by atoms with E-state index in [9.17, 15) is 4.79 Å². The Balaban J connectivity index is 1.50. The number of hydrogen-bond acceptors (Lipinski definition) is 4. The van der Waals surface area contributed by atoms with Crippen LogP contribution in [-0.4, -0.2) is 10.2 Å². The summed E-state index contributed by atoms with van der Waals surface area (Å²) < 4.78 is 7.21. The molecule has 3 nitrogen and oxygen atoms in total. The molecule has 1 aliphatic rings. The molecular weight excluding hydrogens is 502 g/mol. The van der Waals surface area contributed by atoms with Gasteiger partial charge in [-0.05, 0) is 69.5 Å². The molecule has 30 heavy (non-hydrogen) atoms. The zero-order valence-electron chi connectivity index (χ0n) is 15.5. The van der Waals surface area contributed by atoms with Gasteiger partial charge in [-0.1, -0.05) is 72.0 Å². The molecule has 0 aliphatic carbocycles. The Morgan fingerprint density at radius 3 is 2.50 bits per heavy atom. The van der Waals surface area contributed by atoms with E-state index in [4.69, 9.17) is 28.6 Å². The number of benzene rings is 3. The van der Waals surface area contributed by atoms with Crippen LogP contribution in [0.4, 0.5) is 5.69 Å². The average molecular weight is 517 g/mol. The molecule has 150 valence electrons. The van der Waals surface area contributed by atoms with E-state index in [-0.39, 0.29) is 5.91 Å². The van der Waals surface area contributed by atoms with Crippen molar-refractivity contribution < 1.29 is 9.53 Å². The van der Waals surface area contributed by atoms with Gasteiger partial charge in [0.2, 0.25) is 0 Å². The predicted molar refractivity (Wildman–Crippen MR) is 132 cm³/mol. The molecule has 0 unspecified atom stereocenters. The molecule has 1 fully saturated rings. The third-order valence-corrected chi connectivity index (χ3v) is 6.54. The Morgan fingerprint density at radius 1 is 1.07 bits per heavy atom. The molecular formula is C23H15BrClNO2S2. The Labute approximate surface area is 197 Å². The molecule has 0 radical (unpaired) electrons. The van der Waals surface area contributed by atoms with Crippen LogP contribution in [0.15, 0.2) is 82.2 Å². The maximum absolute atomic E-state index is 12.9. The van der Waals surface area contributed by atoms with Gasteiger partial charge in [0.25, 0.3) is 5.91 Å². The largest absolute Gasteiger partial charge is 0.488 e. The van der Waals surface area contributed by atoms with E-state index in [1.807, 2.05) is 54.6 Å². The van der Waals surface area contributed by atoms with Gasteiger partial charge in [0.05, 0.1) is 15.1 Å². The summed E-state index contributed by atoms with van der Waals surface area (Å²) in [4.78, 5) is 15.0. The van der Waals surface area contributed by atoms with Gasteiger partial charge in [0.1, 0.15) is 12.4 Å². The van der Waals surface area contributed by atoms with Gasteiger partial charge < -0.3 is 4.74 Å². The summed E-state index contributed by atoms with van der Waals surface area (Å²) >= 11 is 16.2. The summed E-state index contributed by atoms with van der Waals surface area (Å²) in [6.45, 7) is 0.485. The van der Waals surface area contributed by atoms with Crippen molar-refractivity contribution in [3.05, 3.63) is 98.3 Å². The molecule has 1 amide bonds. The van der Waals surface area contributed by atoms with Crippen LogP contribution in [-0.2, 0) is 11.4 Å². The molecule has 4 rings (SSSR count). The molecule has 0 saturated carbocycles. The van der Waals surface area contributed by atoms with Gasteiger partial charge >= 0.3 is 0 Å². The van der Waals surface area contributed by atoms with Crippen LogP contribution >= 0.6 is 51.5 Å². The normalized spacial score (nSPS) is 15.1. The van der Waals surface area contributed by atoms with Crippen LogP contribution < -0.4 is 9.64 Å².